The lowest BCUT2D eigenvalue weighted by molar-refractivity contribution is -0.244. The van der Waals surface area contributed by atoms with Crippen LogP contribution in [0, 0.1) is 0 Å². The molecule has 1 aliphatic rings. The van der Waals surface area contributed by atoms with Crippen molar-refractivity contribution in [2.45, 2.75) is 30.5 Å². The largest absolute Gasteiger partial charge is 0.394 e. The minimum atomic E-state index is -0.917. The summed E-state index contributed by atoms with van der Waals surface area (Å²) in [6.07, 6.45) is -2.94. The molecule has 0 amide bonds. The van der Waals surface area contributed by atoms with Crippen molar-refractivity contribution in [2.75, 3.05) is 20.8 Å². The Kier molecular flexibility index (Phi) is 4.90. The Bertz CT molecular complexity index is 383. The number of rotatable bonds is 4. The zero-order chi connectivity index (χ0) is 13.8. The minimum absolute atomic E-state index is 0.263. The molecule has 19 heavy (non-hydrogen) atoms. The van der Waals surface area contributed by atoms with Crippen LogP contribution in [-0.4, -0.2) is 55.5 Å². The van der Waals surface area contributed by atoms with E-state index in [-0.39, 0.29) is 12.7 Å². The third kappa shape index (κ3) is 2.80. The normalized spacial score (nSPS) is 35.3. The summed E-state index contributed by atoms with van der Waals surface area (Å²) in [6.45, 7) is -0.263. The van der Waals surface area contributed by atoms with E-state index < -0.39 is 24.4 Å². The summed E-state index contributed by atoms with van der Waals surface area (Å²) in [5, 5.41) is 19.4. The molecule has 2 N–H and O–H groups in total. The Labute approximate surface area is 112 Å². The Balaban J connectivity index is 2.30. The molecule has 1 fully saturated rings. The molecule has 5 atom stereocenters. The van der Waals surface area contributed by atoms with Crippen molar-refractivity contribution >= 4 is 0 Å². The second kappa shape index (κ2) is 6.45. The second-order valence-corrected chi connectivity index (χ2v) is 4.58. The number of benzene rings is 1. The smallest absolute Gasteiger partial charge is 0.116 e. The zero-order valence-corrected chi connectivity index (χ0v) is 11.1. The maximum atomic E-state index is 10.1. The first-order valence-corrected chi connectivity index (χ1v) is 6.27. The molecule has 1 aromatic rings. The van der Waals surface area contributed by atoms with E-state index in [0.29, 0.717) is 0 Å². The molecule has 106 valence electrons. The molecule has 0 aromatic heterocycles. The summed E-state index contributed by atoms with van der Waals surface area (Å²) < 4.78 is 16.5. The van der Waals surface area contributed by atoms with Crippen LogP contribution in [0.4, 0.5) is 0 Å². The molecule has 2 rings (SSSR count). The summed E-state index contributed by atoms with van der Waals surface area (Å²) in [6, 6.07) is 9.59. The van der Waals surface area contributed by atoms with Crippen LogP contribution in [-0.2, 0) is 14.2 Å². The highest BCUT2D eigenvalue weighted by Crippen LogP contribution is 2.34. The van der Waals surface area contributed by atoms with Crippen LogP contribution in [0.3, 0.4) is 0 Å². The van der Waals surface area contributed by atoms with Crippen LogP contribution in [0.5, 0.6) is 0 Å². The van der Waals surface area contributed by atoms with Crippen molar-refractivity contribution < 1.29 is 24.4 Å². The Morgan fingerprint density at radius 3 is 2.26 bits per heavy atom. The fourth-order valence-electron chi connectivity index (χ4n) is 2.52. The summed E-state index contributed by atoms with van der Waals surface area (Å²) in [5.74, 6) is 0. The van der Waals surface area contributed by atoms with Gasteiger partial charge >= 0.3 is 0 Å². The van der Waals surface area contributed by atoms with E-state index in [1.165, 1.54) is 7.11 Å². The Morgan fingerprint density at radius 1 is 1.11 bits per heavy atom. The van der Waals surface area contributed by atoms with Gasteiger partial charge in [-0.2, -0.15) is 0 Å². The van der Waals surface area contributed by atoms with Crippen molar-refractivity contribution in [3.05, 3.63) is 35.9 Å². The molecule has 0 spiro atoms. The van der Waals surface area contributed by atoms with Gasteiger partial charge in [0.15, 0.2) is 0 Å². The average Bonchev–Trinajstić information content (AvgIpc) is 2.47. The first-order valence-electron chi connectivity index (χ1n) is 6.27. The van der Waals surface area contributed by atoms with Crippen LogP contribution in [0.1, 0.15) is 11.7 Å². The Morgan fingerprint density at radius 2 is 1.74 bits per heavy atom. The second-order valence-electron chi connectivity index (χ2n) is 4.58. The standard InChI is InChI=1S/C14H20O5/c1-17-13-11(16)10(8-15)19-12(14(13)18-2)9-6-4-3-5-7-9/h3-7,10-16H,8H2,1-2H3/t10-,11-,12+,13+,14+/m1/s1. The molecule has 1 saturated heterocycles. The van der Waals surface area contributed by atoms with Gasteiger partial charge in [0.25, 0.3) is 0 Å². The van der Waals surface area contributed by atoms with Gasteiger partial charge in [-0.3, -0.25) is 0 Å². The maximum Gasteiger partial charge on any atom is 0.116 e. The van der Waals surface area contributed by atoms with Crippen LogP contribution < -0.4 is 0 Å². The molecule has 0 bridgehead atoms. The monoisotopic (exact) mass is 268 g/mol. The average molecular weight is 268 g/mol. The van der Waals surface area contributed by atoms with Gasteiger partial charge in [0.1, 0.15) is 30.5 Å². The van der Waals surface area contributed by atoms with Gasteiger partial charge in [-0.1, -0.05) is 30.3 Å². The number of ether oxygens (including phenoxy) is 3. The van der Waals surface area contributed by atoms with Gasteiger partial charge in [-0.15, -0.1) is 0 Å². The molecule has 1 aliphatic heterocycles. The third-order valence-corrected chi connectivity index (χ3v) is 3.51. The van der Waals surface area contributed by atoms with Gasteiger partial charge in [0.2, 0.25) is 0 Å². The quantitative estimate of drug-likeness (QED) is 0.833. The van der Waals surface area contributed by atoms with E-state index in [4.69, 9.17) is 14.2 Å². The third-order valence-electron chi connectivity index (χ3n) is 3.51. The van der Waals surface area contributed by atoms with E-state index >= 15 is 0 Å². The van der Waals surface area contributed by atoms with Crippen molar-refractivity contribution in [3.8, 4) is 0 Å². The summed E-state index contributed by atoms with van der Waals surface area (Å²) in [5.41, 5.74) is 0.932. The number of aliphatic hydroxyl groups excluding tert-OH is 2. The van der Waals surface area contributed by atoms with E-state index in [1.54, 1.807) is 7.11 Å². The summed E-state index contributed by atoms with van der Waals surface area (Å²) >= 11 is 0. The van der Waals surface area contributed by atoms with Crippen LogP contribution >= 0.6 is 0 Å². The van der Waals surface area contributed by atoms with Crippen LogP contribution in [0.25, 0.3) is 0 Å². The number of hydrogen-bond donors (Lipinski definition) is 2. The van der Waals surface area contributed by atoms with Crippen molar-refractivity contribution in [3.63, 3.8) is 0 Å². The van der Waals surface area contributed by atoms with Gasteiger partial charge in [-0.05, 0) is 5.56 Å². The number of methoxy groups -OCH3 is 2. The van der Waals surface area contributed by atoms with Crippen LogP contribution in [0.2, 0.25) is 0 Å². The fraction of sp³-hybridized carbons (Fsp3) is 0.571. The summed E-state index contributed by atoms with van der Waals surface area (Å²) in [4.78, 5) is 0. The zero-order valence-electron chi connectivity index (χ0n) is 11.1. The molecule has 0 radical (unpaired) electrons. The fourth-order valence-corrected chi connectivity index (χ4v) is 2.52. The minimum Gasteiger partial charge on any atom is -0.394 e. The SMILES string of the molecule is CO[C@@H]1[C@@H](OC)[C@H](O)[C@@H](CO)O[C@H]1c1ccccc1. The van der Waals surface area contributed by atoms with Gasteiger partial charge < -0.3 is 24.4 Å². The topological polar surface area (TPSA) is 68.2 Å². The van der Waals surface area contributed by atoms with E-state index in [0.717, 1.165) is 5.56 Å². The highest BCUT2D eigenvalue weighted by Gasteiger charge is 2.46. The molecule has 5 heteroatoms. The highest BCUT2D eigenvalue weighted by molar-refractivity contribution is 5.20. The molecular weight excluding hydrogens is 248 g/mol. The van der Waals surface area contributed by atoms with Crippen molar-refractivity contribution in [1.82, 2.24) is 0 Å². The molecule has 0 saturated carbocycles. The molecule has 5 nitrogen and oxygen atoms in total. The predicted molar refractivity (Wildman–Crippen MR) is 68.7 cm³/mol. The van der Waals surface area contributed by atoms with Gasteiger partial charge in [0, 0.05) is 14.2 Å². The Hall–Kier alpha value is -0.980. The predicted octanol–water partition coefficient (Wildman–Crippen LogP) is 0.510. The maximum absolute atomic E-state index is 10.1. The van der Waals surface area contributed by atoms with Crippen molar-refractivity contribution in [1.29, 1.82) is 0 Å². The van der Waals surface area contributed by atoms with E-state index in [2.05, 4.69) is 0 Å². The highest BCUT2D eigenvalue weighted by atomic mass is 16.6. The molecule has 1 aromatic carbocycles. The molecular formula is C14H20O5. The first kappa shape index (κ1) is 14.4. The van der Waals surface area contributed by atoms with Crippen molar-refractivity contribution in [2.24, 2.45) is 0 Å². The lowest BCUT2D eigenvalue weighted by Crippen LogP contribution is -2.56. The van der Waals surface area contributed by atoms with Gasteiger partial charge in [-0.25, -0.2) is 0 Å². The molecule has 0 aliphatic carbocycles. The van der Waals surface area contributed by atoms with Gasteiger partial charge in [0.05, 0.1) is 6.61 Å². The van der Waals surface area contributed by atoms with E-state index in [1.807, 2.05) is 30.3 Å². The lowest BCUT2D eigenvalue weighted by atomic mass is 9.91. The first-order chi connectivity index (χ1) is 9.22. The number of aliphatic hydroxyl groups is 2. The molecule has 1 heterocycles. The van der Waals surface area contributed by atoms with E-state index in [9.17, 15) is 10.2 Å². The summed E-state index contributed by atoms with van der Waals surface area (Å²) in [7, 11) is 3.07. The van der Waals surface area contributed by atoms with Crippen LogP contribution in [0.15, 0.2) is 30.3 Å². The number of hydrogen-bond acceptors (Lipinski definition) is 5. The molecule has 0 unspecified atom stereocenters. The lowest BCUT2D eigenvalue weighted by Gasteiger charge is -2.43.